The van der Waals surface area contributed by atoms with Crippen LogP contribution < -0.4 is 0 Å². The van der Waals surface area contributed by atoms with Crippen LogP contribution in [0.15, 0.2) is 0 Å². The van der Waals surface area contributed by atoms with E-state index in [4.69, 9.17) is 11.6 Å². The molecule has 0 aliphatic heterocycles. The molecule has 2 aromatic heterocycles. The third kappa shape index (κ3) is 2.95. The molecule has 9 heteroatoms. The van der Waals surface area contributed by atoms with E-state index in [1.54, 1.807) is 13.8 Å². The zero-order valence-electron chi connectivity index (χ0n) is 10.1. The van der Waals surface area contributed by atoms with E-state index in [0.29, 0.717) is 5.65 Å². The number of fused-ring (bicyclic) bond motifs is 1. The maximum atomic E-state index is 12.0. The molecular weight excluding hydrogens is 285 g/mol. The number of halogens is 4. The molecule has 0 radical (unpaired) electrons. The fourth-order valence-electron chi connectivity index (χ4n) is 1.48. The smallest absolute Gasteiger partial charge is 0.364 e. The highest BCUT2D eigenvalue weighted by molar-refractivity contribution is 6.30. The highest BCUT2D eigenvalue weighted by atomic mass is 35.5. The van der Waals surface area contributed by atoms with Gasteiger partial charge in [0.1, 0.15) is 13.2 Å². The van der Waals surface area contributed by atoms with Crippen LogP contribution in [-0.2, 0) is 11.3 Å². The molecule has 0 spiro atoms. The van der Waals surface area contributed by atoms with Gasteiger partial charge in [-0.15, -0.1) is 10.2 Å². The minimum absolute atomic E-state index is 0.171. The van der Waals surface area contributed by atoms with Crippen molar-refractivity contribution in [2.24, 2.45) is 0 Å². The fraction of sp³-hybridized carbons (Fsp3) is 0.500. The molecule has 0 fully saturated rings. The first-order valence-corrected chi connectivity index (χ1v) is 5.69. The predicted octanol–water partition coefficient (Wildman–Crippen LogP) is 2.47. The van der Waals surface area contributed by atoms with Crippen molar-refractivity contribution in [3.05, 3.63) is 22.1 Å². The number of aryl methyl sites for hydroxylation is 1. The molecule has 0 aliphatic rings. The van der Waals surface area contributed by atoms with Crippen molar-refractivity contribution in [1.82, 2.24) is 19.8 Å². The Morgan fingerprint density at radius 1 is 1.21 bits per heavy atom. The Balaban J connectivity index is 2.26. The SMILES string of the molecule is Cc1c(Cl)nn2c(COCC(F)(F)F)nnc2c1C. The molecule has 0 bridgehead atoms. The van der Waals surface area contributed by atoms with E-state index >= 15 is 0 Å². The summed E-state index contributed by atoms with van der Waals surface area (Å²) in [5.41, 5.74) is 1.98. The third-order valence-electron chi connectivity index (χ3n) is 2.60. The van der Waals surface area contributed by atoms with Crippen LogP contribution >= 0.6 is 11.6 Å². The van der Waals surface area contributed by atoms with E-state index < -0.39 is 12.8 Å². The Labute approximate surface area is 111 Å². The van der Waals surface area contributed by atoms with E-state index in [1.807, 2.05) is 0 Å². The van der Waals surface area contributed by atoms with E-state index in [1.165, 1.54) is 4.52 Å². The number of alkyl halides is 3. The van der Waals surface area contributed by atoms with Crippen molar-refractivity contribution >= 4 is 17.2 Å². The summed E-state index contributed by atoms with van der Waals surface area (Å²) >= 11 is 5.92. The highest BCUT2D eigenvalue weighted by Crippen LogP contribution is 2.20. The van der Waals surface area contributed by atoms with Crippen LogP contribution in [0.5, 0.6) is 0 Å². The zero-order valence-corrected chi connectivity index (χ0v) is 10.9. The molecule has 104 valence electrons. The first-order valence-electron chi connectivity index (χ1n) is 5.31. The van der Waals surface area contributed by atoms with Gasteiger partial charge in [-0.25, -0.2) is 0 Å². The topological polar surface area (TPSA) is 52.3 Å². The summed E-state index contributed by atoms with van der Waals surface area (Å²) in [5, 5.41) is 11.9. The Hall–Kier alpha value is -1.41. The Morgan fingerprint density at radius 3 is 2.53 bits per heavy atom. The lowest BCUT2D eigenvalue weighted by molar-refractivity contribution is -0.177. The molecule has 2 heterocycles. The Kier molecular flexibility index (Phi) is 3.64. The second-order valence-electron chi connectivity index (χ2n) is 4.00. The lowest BCUT2D eigenvalue weighted by Gasteiger charge is -2.07. The number of ether oxygens (including phenoxy) is 1. The first-order chi connectivity index (χ1) is 8.79. The van der Waals surface area contributed by atoms with Gasteiger partial charge in [0.25, 0.3) is 0 Å². The summed E-state index contributed by atoms with van der Waals surface area (Å²) in [6, 6.07) is 0. The summed E-state index contributed by atoms with van der Waals surface area (Å²) in [6.07, 6.45) is -4.38. The van der Waals surface area contributed by atoms with Gasteiger partial charge in [-0.1, -0.05) is 11.6 Å². The van der Waals surface area contributed by atoms with Gasteiger partial charge in [-0.2, -0.15) is 22.8 Å². The fourth-order valence-corrected chi connectivity index (χ4v) is 1.70. The Bertz CT molecular complexity index is 611. The van der Waals surface area contributed by atoms with Crippen LogP contribution in [0.4, 0.5) is 13.2 Å². The van der Waals surface area contributed by atoms with Gasteiger partial charge in [0.05, 0.1) is 0 Å². The van der Waals surface area contributed by atoms with E-state index in [0.717, 1.165) is 11.1 Å². The molecule has 5 nitrogen and oxygen atoms in total. The monoisotopic (exact) mass is 294 g/mol. The van der Waals surface area contributed by atoms with Crippen molar-refractivity contribution < 1.29 is 17.9 Å². The summed E-state index contributed by atoms with van der Waals surface area (Å²) in [6.45, 7) is 1.87. The minimum Gasteiger partial charge on any atom is -0.364 e. The lowest BCUT2D eigenvalue weighted by atomic mass is 10.2. The van der Waals surface area contributed by atoms with Crippen LogP contribution in [-0.4, -0.2) is 32.6 Å². The van der Waals surface area contributed by atoms with Crippen molar-refractivity contribution in [3.8, 4) is 0 Å². The van der Waals surface area contributed by atoms with Gasteiger partial charge < -0.3 is 4.74 Å². The predicted molar refractivity (Wildman–Crippen MR) is 61.0 cm³/mol. The lowest BCUT2D eigenvalue weighted by Crippen LogP contribution is -2.17. The number of hydrogen-bond acceptors (Lipinski definition) is 4. The molecule has 0 atom stereocenters. The standard InChI is InChI=1S/C10H10ClF3N4O/c1-5-6(2)9-16-15-7(18(9)17-8(5)11)3-19-4-10(12,13)14/h3-4H2,1-2H3. The van der Waals surface area contributed by atoms with Crippen molar-refractivity contribution in [1.29, 1.82) is 0 Å². The van der Waals surface area contributed by atoms with Crippen molar-refractivity contribution in [2.75, 3.05) is 6.61 Å². The average molecular weight is 295 g/mol. The minimum atomic E-state index is -4.38. The summed E-state index contributed by atoms with van der Waals surface area (Å²) in [5.74, 6) is 0.171. The number of rotatable bonds is 3. The number of nitrogens with zero attached hydrogens (tertiary/aromatic N) is 4. The van der Waals surface area contributed by atoms with Gasteiger partial charge in [0.2, 0.25) is 0 Å². The third-order valence-corrected chi connectivity index (χ3v) is 2.96. The molecule has 0 aromatic carbocycles. The number of aromatic nitrogens is 4. The molecule has 2 rings (SSSR count). The molecule has 2 aromatic rings. The molecule has 19 heavy (non-hydrogen) atoms. The molecule has 0 amide bonds. The second-order valence-corrected chi connectivity index (χ2v) is 4.36. The number of hydrogen-bond donors (Lipinski definition) is 0. The maximum absolute atomic E-state index is 12.0. The molecule has 0 saturated heterocycles. The summed E-state index contributed by atoms with van der Waals surface area (Å²) < 4.78 is 41.7. The highest BCUT2D eigenvalue weighted by Gasteiger charge is 2.27. The first kappa shape index (κ1) is 14.0. The van der Waals surface area contributed by atoms with Crippen LogP contribution in [0, 0.1) is 13.8 Å². The summed E-state index contributed by atoms with van der Waals surface area (Å²) in [4.78, 5) is 0. The maximum Gasteiger partial charge on any atom is 0.411 e. The van der Waals surface area contributed by atoms with E-state index in [-0.39, 0.29) is 17.6 Å². The normalized spacial score (nSPS) is 12.3. The largest absolute Gasteiger partial charge is 0.411 e. The van der Waals surface area contributed by atoms with Crippen LogP contribution in [0.1, 0.15) is 17.0 Å². The molecule has 0 saturated carbocycles. The van der Waals surface area contributed by atoms with Gasteiger partial charge >= 0.3 is 6.18 Å². The quantitative estimate of drug-likeness (QED) is 0.872. The van der Waals surface area contributed by atoms with Gasteiger partial charge in [-0.05, 0) is 19.4 Å². The van der Waals surface area contributed by atoms with Crippen molar-refractivity contribution in [2.45, 2.75) is 26.6 Å². The van der Waals surface area contributed by atoms with E-state index in [2.05, 4.69) is 20.0 Å². The zero-order chi connectivity index (χ0) is 14.2. The van der Waals surface area contributed by atoms with E-state index in [9.17, 15) is 13.2 Å². The van der Waals surface area contributed by atoms with Crippen LogP contribution in [0.25, 0.3) is 5.65 Å². The van der Waals surface area contributed by atoms with Gasteiger partial charge in [0.15, 0.2) is 16.6 Å². The van der Waals surface area contributed by atoms with Crippen LogP contribution in [0.3, 0.4) is 0 Å². The molecular formula is C10H10ClF3N4O. The van der Waals surface area contributed by atoms with Gasteiger partial charge in [0, 0.05) is 5.56 Å². The Morgan fingerprint density at radius 2 is 1.89 bits per heavy atom. The average Bonchev–Trinajstić information content (AvgIpc) is 2.68. The van der Waals surface area contributed by atoms with Crippen molar-refractivity contribution in [3.63, 3.8) is 0 Å². The van der Waals surface area contributed by atoms with Crippen LogP contribution in [0.2, 0.25) is 5.15 Å². The molecule has 0 aliphatic carbocycles. The molecule has 0 unspecified atom stereocenters. The second kappa shape index (κ2) is 4.93. The molecule has 0 N–H and O–H groups in total. The van der Waals surface area contributed by atoms with Gasteiger partial charge in [-0.3, -0.25) is 0 Å². The summed E-state index contributed by atoms with van der Waals surface area (Å²) in [7, 11) is 0.